The van der Waals surface area contributed by atoms with Gasteiger partial charge in [0.1, 0.15) is 16.7 Å². The third-order valence-electron chi connectivity index (χ3n) is 8.76. The Hall–Kier alpha value is -1.36. The summed E-state index contributed by atoms with van der Waals surface area (Å²) in [5.74, 6) is 0.551. The highest BCUT2D eigenvalue weighted by Crippen LogP contribution is 2.21. The molecule has 1 aromatic carbocycles. The van der Waals surface area contributed by atoms with Crippen LogP contribution in [0, 0.1) is 12.8 Å². The van der Waals surface area contributed by atoms with Crippen LogP contribution in [0.5, 0.6) is 0 Å². The van der Waals surface area contributed by atoms with E-state index in [1.54, 1.807) is 23.5 Å². The van der Waals surface area contributed by atoms with Crippen molar-refractivity contribution in [1.82, 2.24) is 0 Å². The molecule has 2 atom stereocenters. The van der Waals surface area contributed by atoms with Crippen molar-refractivity contribution in [1.29, 1.82) is 0 Å². The van der Waals surface area contributed by atoms with Gasteiger partial charge in [0, 0.05) is 25.6 Å². The first-order valence-corrected chi connectivity index (χ1v) is 20.9. The van der Waals surface area contributed by atoms with Crippen LogP contribution in [0.1, 0.15) is 134 Å². The van der Waals surface area contributed by atoms with Gasteiger partial charge in [0.2, 0.25) is 5.51 Å². The molecule has 1 aliphatic rings. The van der Waals surface area contributed by atoms with Gasteiger partial charge in [-0.25, -0.2) is 8.42 Å². The van der Waals surface area contributed by atoms with E-state index in [0.29, 0.717) is 5.92 Å². The molecule has 0 amide bonds. The standard InChI is InChI=1S/C31H58NO3S.C7H8O3S/c1-2-3-4-5-6-7-8-9-10-11-12-13-15-18-23-34-28-31-25-30(27-35-31)26-33-22-19-16-14-17-20-32-21-24-36-29-32;1-6-2-4-7(5-3-6)11(8,9)10/h21,24,29-31H,2-20,22-23,25-28H2,1H3;2-5H,1H3,(H,8,9,10)/q+1;/p-1. The lowest BCUT2D eigenvalue weighted by molar-refractivity contribution is -0.692. The molecule has 2 heterocycles. The molecule has 1 saturated heterocycles. The van der Waals surface area contributed by atoms with Gasteiger partial charge in [-0.15, -0.1) is 0 Å². The number of benzene rings is 1. The third-order valence-corrected chi connectivity index (χ3v) is 10.3. The Bertz CT molecular complexity index is 1080. The number of rotatable bonds is 27. The highest BCUT2D eigenvalue weighted by Gasteiger charge is 2.25. The van der Waals surface area contributed by atoms with E-state index in [1.165, 1.54) is 128 Å². The highest BCUT2D eigenvalue weighted by molar-refractivity contribution is 7.85. The molecule has 7 nitrogen and oxygen atoms in total. The lowest BCUT2D eigenvalue weighted by Gasteiger charge is -2.11. The molecular weight excluding hydrogens is 631 g/mol. The molecule has 0 N–H and O–H groups in total. The van der Waals surface area contributed by atoms with Crippen LogP contribution < -0.4 is 4.57 Å². The summed E-state index contributed by atoms with van der Waals surface area (Å²) in [6, 6.07) is 5.78. The van der Waals surface area contributed by atoms with E-state index in [9.17, 15) is 13.0 Å². The van der Waals surface area contributed by atoms with Crippen molar-refractivity contribution in [2.24, 2.45) is 5.92 Å². The predicted molar refractivity (Wildman–Crippen MR) is 192 cm³/mol. The maximum Gasteiger partial charge on any atom is 0.224 e. The summed E-state index contributed by atoms with van der Waals surface area (Å²) in [5.41, 5.74) is 3.11. The summed E-state index contributed by atoms with van der Waals surface area (Å²) in [6.45, 7) is 9.49. The van der Waals surface area contributed by atoms with Gasteiger partial charge in [-0.05, 0) is 44.7 Å². The molecule has 1 aromatic heterocycles. The van der Waals surface area contributed by atoms with E-state index in [4.69, 9.17) is 14.2 Å². The Morgan fingerprint density at radius 2 is 1.32 bits per heavy atom. The monoisotopic (exact) mass is 695 g/mol. The number of hydrogen-bond acceptors (Lipinski definition) is 7. The first-order valence-electron chi connectivity index (χ1n) is 18.6. The molecule has 0 aliphatic carbocycles. The molecule has 1 fully saturated rings. The van der Waals surface area contributed by atoms with Gasteiger partial charge in [0.05, 0.1) is 36.2 Å². The topological polar surface area (TPSA) is 88.8 Å². The molecule has 47 heavy (non-hydrogen) atoms. The minimum absolute atomic E-state index is 0.178. The lowest BCUT2D eigenvalue weighted by Crippen LogP contribution is -2.29. The second-order valence-electron chi connectivity index (χ2n) is 13.2. The van der Waals surface area contributed by atoms with Crippen molar-refractivity contribution in [2.75, 3.05) is 33.0 Å². The molecule has 270 valence electrons. The summed E-state index contributed by atoms with van der Waals surface area (Å²) in [5, 5.41) is 2.14. The molecule has 0 radical (unpaired) electrons. The molecule has 3 rings (SSSR count). The van der Waals surface area contributed by atoms with Crippen molar-refractivity contribution in [3.63, 3.8) is 0 Å². The third kappa shape index (κ3) is 22.8. The number of aryl methyl sites for hydroxylation is 2. The molecule has 1 aliphatic heterocycles. The Morgan fingerprint density at radius 1 is 0.787 bits per heavy atom. The van der Waals surface area contributed by atoms with E-state index < -0.39 is 10.1 Å². The number of ether oxygens (including phenoxy) is 3. The smallest absolute Gasteiger partial charge is 0.224 e. The summed E-state index contributed by atoms with van der Waals surface area (Å²) >= 11 is 1.76. The predicted octanol–water partition coefficient (Wildman–Crippen LogP) is 9.41. The van der Waals surface area contributed by atoms with E-state index in [-0.39, 0.29) is 11.0 Å². The number of nitrogens with zero attached hydrogens (tertiary/aromatic N) is 1. The van der Waals surface area contributed by atoms with Gasteiger partial charge in [0.25, 0.3) is 0 Å². The largest absolute Gasteiger partial charge is 0.744 e. The number of hydrogen-bond donors (Lipinski definition) is 0. The minimum Gasteiger partial charge on any atom is -0.744 e. The van der Waals surface area contributed by atoms with Crippen molar-refractivity contribution < 1.29 is 31.7 Å². The Balaban J connectivity index is 0.000000587. The van der Waals surface area contributed by atoms with Crippen molar-refractivity contribution in [3.8, 4) is 0 Å². The van der Waals surface area contributed by atoms with Crippen molar-refractivity contribution in [2.45, 2.75) is 153 Å². The van der Waals surface area contributed by atoms with Gasteiger partial charge in [-0.3, -0.25) is 0 Å². The van der Waals surface area contributed by atoms with E-state index >= 15 is 0 Å². The van der Waals surface area contributed by atoms with E-state index in [0.717, 1.165) is 51.6 Å². The van der Waals surface area contributed by atoms with Crippen LogP contribution in [0.15, 0.2) is 46.2 Å². The molecule has 0 spiro atoms. The Labute approximate surface area is 291 Å². The molecule has 0 saturated carbocycles. The Kier molecular flexibility index (Phi) is 24.4. The Morgan fingerprint density at radius 3 is 1.85 bits per heavy atom. The maximum absolute atomic E-state index is 10.4. The van der Waals surface area contributed by atoms with Crippen molar-refractivity contribution in [3.05, 3.63) is 46.9 Å². The van der Waals surface area contributed by atoms with Gasteiger partial charge in [-0.1, -0.05) is 126 Å². The van der Waals surface area contributed by atoms with Crippen LogP contribution >= 0.6 is 11.3 Å². The second kappa shape index (κ2) is 27.5. The zero-order chi connectivity index (χ0) is 33.8. The van der Waals surface area contributed by atoms with E-state index in [2.05, 4.69) is 28.6 Å². The van der Waals surface area contributed by atoms with Crippen LogP contribution in [0.25, 0.3) is 0 Å². The zero-order valence-electron chi connectivity index (χ0n) is 29.6. The fraction of sp³-hybridized carbons (Fsp3) is 0.763. The number of thiazole rings is 1. The molecule has 2 unspecified atom stereocenters. The van der Waals surface area contributed by atoms with Gasteiger partial charge < -0.3 is 18.8 Å². The van der Waals surface area contributed by atoms with Gasteiger partial charge >= 0.3 is 0 Å². The lowest BCUT2D eigenvalue weighted by atomic mass is 10.0. The van der Waals surface area contributed by atoms with Crippen LogP contribution in [-0.2, 0) is 30.9 Å². The fourth-order valence-electron chi connectivity index (χ4n) is 5.82. The van der Waals surface area contributed by atoms with Crippen LogP contribution in [0.2, 0.25) is 0 Å². The minimum atomic E-state index is -4.27. The normalized spacial score (nSPS) is 16.3. The average molecular weight is 696 g/mol. The second-order valence-corrected chi connectivity index (χ2v) is 15.4. The van der Waals surface area contributed by atoms with Crippen LogP contribution in [0.3, 0.4) is 0 Å². The molecule has 2 aromatic rings. The van der Waals surface area contributed by atoms with Crippen LogP contribution in [-0.4, -0.2) is 52.1 Å². The first-order chi connectivity index (χ1) is 22.9. The average Bonchev–Trinajstić information content (AvgIpc) is 3.75. The van der Waals surface area contributed by atoms with Crippen LogP contribution in [0.4, 0.5) is 0 Å². The summed E-state index contributed by atoms with van der Waals surface area (Å²) in [4.78, 5) is -0.178. The molecular formula is C38H65NO6S2. The summed E-state index contributed by atoms with van der Waals surface area (Å²) in [6.07, 6.45) is 28.1. The van der Waals surface area contributed by atoms with Crippen molar-refractivity contribution >= 4 is 21.5 Å². The first kappa shape index (κ1) is 41.8. The summed E-state index contributed by atoms with van der Waals surface area (Å²) < 4.78 is 51.2. The van der Waals surface area contributed by atoms with Gasteiger partial charge in [0.15, 0.2) is 6.20 Å². The SMILES string of the molecule is CCCCCCCCCCCCCCCCOCC1CC(COCCCCCC[n+]2ccsc2)CO1.Cc1ccc(S(=O)(=O)[O-])cc1. The zero-order valence-corrected chi connectivity index (χ0v) is 31.2. The summed E-state index contributed by atoms with van der Waals surface area (Å²) in [7, 11) is -4.27. The number of aromatic nitrogens is 1. The quantitative estimate of drug-likeness (QED) is 0.0526. The number of unbranched alkanes of at least 4 members (excludes halogenated alkanes) is 16. The fourth-order valence-corrected chi connectivity index (χ4v) is 6.92. The van der Waals surface area contributed by atoms with E-state index in [1.807, 2.05) is 6.92 Å². The van der Waals surface area contributed by atoms with Gasteiger partial charge in [-0.2, -0.15) is 4.57 Å². The molecule has 0 bridgehead atoms. The highest BCUT2D eigenvalue weighted by atomic mass is 32.2. The molecule has 9 heteroatoms. The maximum atomic E-state index is 10.4.